The lowest BCUT2D eigenvalue weighted by atomic mass is 9.94. The van der Waals surface area contributed by atoms with Gasteiger partial charge in [-0.2, -0.15) is 0 Å². The Morgan fingerprint density at radius 2 is 1.86 bits per heavy atom. The van der Waals surface area contributed by atoms with Gasteiger partial charge < -0.3 is 14.8 Å². The normalized spacial score (nSPS) is 12.3. The summed E-state index contributed by atoms with van der Waals surface area (Å²) in [6.07, 6.45) is 5.98. The van der Waals surface area contributed by atoms with E-state index in [1.807, 2.05) is 0 Å². The number of nitrogens with one attached hydrogen (secondary N) is 1. The minimum Gasteiger partial charge on any atom is -0.497 e. The highest BCUT2D eigenvalue weighted by molar-refractivity contribution is 5.27. The fourth-order valence-corrected chi connectivity index (χ4v) is 2.53. The predicted molar refractivity (Wildman–Crippen MR) is 89.1 cm³/mol. The molecule has 0 saturated heterocycles. The summed E-state index contributed by atoms with van der Waals surface area (Å²) in [6.45, 7) is 5.30. The first-order chi connectivity index (χ1) is 10.3. The second kappa shape index (κ2) is 11.6. The number of benzene rings is 1. The molecule has 3 heteroatoms. The maximum atomic E-state index is 5.22. The van der Waals surface area contributed by atoms with E-state index in [2.05, 4.69) is 36.5 Å². The van der Waals surface area contributed by atoms with Crippen molar-refractivity contribution in [3.05, 3.63) is 29.8 Å². The van der Waals surface area contributed by atoms with Crippen molar-refractivity contribution in [2.24, 2.45) is 5.92 Å². The molecule has 1 atom stereocenters. The molecular weight excluding hydrogens is 262 g/mol. The van der Waals surface area contributed by atoms with Gasteiger partial charge in [0.15, 0.2) is 0 Å². The first-order valence-electron chi connectivity index (χ1n) is 8.12. The molecule has 0 amide bonds. The van der Waals surface area contributed by atoms with E-state index in [9.17, 15) is 0 Å². The van der Waals surface area contributed by atoms with E-state index >= 15 is 0 Å². The monoisotopic (exact) mass is 293 g/mol. The largest absolute Gasteiger partial charge is 0.497 e. The fraction of sp³-hybridized carbons (Fsp3) is 0.667. The minimum atomic E-state index is 0.696. The van der Waals surface area contributed by atoms with Crippen molar-refractivity contribution in [3.63, 3.8) is 0 Å². The summed E-state index contributed by atoms with van der Waals surface area (Å²) in [5.74, 6) is 1.63. The van der Waals surface area contributed by atoms with E-state index in [0.29, 0.717) is 5.92 Å². The van der Waals surface area contributed by atoms with Crippen LogP contribution >= 0.6 is 0 Å². The predicted octanol–water partition coefficient (Wildman–Crippen LogP) is 3.67. The van der Waals surface area contributed by atoms with Crippen LogP contribution in [0.5, 0.6) is 5.75 Å². The lowest BCUT2D eigenvalue weighted by molar-refractivity contribution is 0.190. The van der Waals surface area contributed by atoms with Crippen LogP contribution in [0.1, 0.15) is 38.2 Å². The Kier molecular flexibility index (Phi) is 9.92. The molecule has 0 radical (unpaired) electrons. The van der Waals surface area contributed by atoms with Crippen LogP contribution in [-0.2, 0) is 11.2 Å². The van der Waals surface area contributed by atoms with Gasteiger partial charge in [0.1, 0.15) is 5.75 Å². The number of hydrogen-bond acceptors (Lipinski definition) is 3. The van der Waals surface area contributed by atoms with E-state index in [-0.39, 0.29) is 0 Å². The van der Waals surface area contributed by atoms with Crippen molar-refractivity contribution in [1.82, 2.24) is 5.32 Å². The van der Waals surface area contributed by atoms with Gasteiger partial charge in [0.25, 0.3) is 0 Å². The summed E-state index contributed by atoms with van der Waals surface area (Å²) in [4.78, 5) is 0. The van der Waals surface area contributed by atoms with Gasteiger partial charge in [-0.05, 0) is 62.4 Å². The highest BCUT2D eigenvalue weighted by atomic mass is 16.5. The molecular formula is C18H31NO2. The average Bonchev–Trinajstić information content (AvgIpc) is 2.52. The molecule has 0 aliphatic carbocycles. The Morgan fingerprint density at radius 3 is 2.48 bits per heavy atom. The fourth-order valence-electron chi connectivity index (χ4n) is 2.53. The summed E-state index contributed by atoms with van der Waals surface area (Å²) in [7, 11) is 3.49. The summed E-state index contributed by atoms with van der Waals surface area (Å²) in [5, 5.41) is 3.56. The van der Waals surface area contributed by atoms with Crippen molar-refractivity contribution in [2.45, 2.75) is 39.0 Å². The van der Waals surface area contributed by atoms with Crippen molar-refractivity contribution in [2.75, 3.05) is 33.9 Å². The molecule has 1 unspecified atom stereocenters. The van der Waals surface area contributed by atoms with E-state index < -0.39 is 0 Å². The van der Waals surface area contributed by atoms with Crippen LogP contribution in [0.3, 0.4) is 0 Å². The number of rotatable bonds is 12. The van der Waals surface area contributed by atoms with Gasteiger partial charge in [-0.15, -0.1) is 0 Å². The zero-order chi connectivity index (χ0) is 15.3. The topological polar surface area (TPSA) is 30.5 Å². The second-order valence-corrected chi connectivity index (χ2v) is 5.61. The molecule has 0 saturated carbocycles. The third-order valence-electron chi connectivity index (χ3n) is 3.75. The SMILES string of the molecule is CCCNCC(CCCCOC)Cc1ccc(OC)cc1. The molecule has 0 spiro atoms. The number of methoxy groups -OCH3 is 2. The van der Waals surface area contributed by atoms with Crippen LogP contribution in [0.4, 0.5) is 0 Å². The molecule has 1 aromatic rings. The standard InChI is InChI=1S/C18H31NO2/c1-4-12-19-15-17(7-5-6-13-20-2)14-16-8-10-18(21-3)11-9-16/h8-11,17,19H,4-7,12-15H2,1-3H3. The van der Waals surface area contributed by atoms with Gasteiger partial charge in [0.2, 0.25) is 0 Å². The Morgan fingerprint density at radius 1 is 1.10 bits per heavy atom. The quantitative estimate of drug-likeness (QED) is 0.596. The number of hydrogen-bond donors (Lipinski definition) is 1. The molecule has 0 heterocycles. The summed E-state index contributed by atoms with van der Waals surface area (Å²) in [6, 6.07) is 8.47. The highest BCUT2D eigenvalue weighted by Crippen LogP contribution is 2.18. The minimum absolute atomic E-state index is 0.696. The Balaban J connectivity index is 2.44. The lowest BCUT2D eigenvalue weighted by Gasteiger charge is -2.18. The molecule has 3 nitrogen and oxygen atoms in total. The van der Waals surface area contributed by atoms with Crippen LogP contribution in [-0.4, -0.2) is 33.9 Å². The van der Waals surface area contributed by atoms with Crippen LogP contribution in [0.25, 0.3) is 0 Å². The zero-order valence-electron chi connectivity index (χ0n) is 13.9. The summed E-state index contributed by atoms with van der Waals surface area (Å²) < 4.78 is 10.4. The zero-order valence-corrected chi connectivity index (χ0v) is 13.9. The molecule has 21 heavy (non-hydrogen) atoms. The maximum Gasteiger partial charge on any atom is 0.118 e. The molecule has 0 aliphatic heterocycles. The van der Waals surface area contributed by atoms with E-state index in [1.54, 1.807) is 14.2 Å². The smallest absolute Gasteiger partial charge is 0.118 e. The molecule has 1 rings (SSSR count). The van der Waals surface area contributed by atoms with Crippen molar-refractivity contribution in [1.29, 1.82) is 0 Å². The number of ether oxygens (including phenoxy) is 2. The third kappa shape index (κ3) is 8.08. The average molecular weight is 293 g/mol. The van der Waals surface area contributed by atoms with Gasteiger partial charge in [0.05, 0.1) is 7.11 Å². The Hall–Kier alpha value is -1.06. The first-order valence-corrected chi connectivity index (χ1v) is 8.12. The molecule has 0 fully saturated rings. The Labute approximate surface area is 130 Å². The van der Waals surface area contributed by atoms with Crippen LogP contribution < -0.4 is 10.1 Å². The summed E-state index contributed by atoms with van der Waals surface area (Å²) in [5.41, 5.74) is 1.39. The molecule has 1 N–H and O–H groups in total. The maximum absolute atomic E-state index is 5.22. The van der Waals surface area contributed by atoms with E-state index in [4.69, 9.17) is 9.47 Å². The second-order valence-electron chi connectivity index (χ2n) is 5.61. The first kappa shape index (κ1) is 18.0. The van der Waals surface area contributed by atoms with Crippen molar-refractivity contribution < 1.29 is 9.47 Å². The van der Waals surface area contributed by atoms with Crippen LogP contribution in [0.15, 0.2) is 24.3 Å². The van der Waals surface area contributed by atoms with Gasteiger partial charge in [-0.25, -0.2) is 0 Å². The van der Waals surface area contributed by atoms with Gasteiger partial charge in [-0.1, -0.05) is 25.5 Å². The molecule has 0 aliphatic rings. The molecule has 0 bridgehead atoms. The lowest BCUT2D eigenvalue weighted by Crippen LogP contribution is -2.25. The van der Waals surface area contributed by atoms with Crippen molar-refractivity contribution in [3.8, 4) is 5.75 Å². The van der Waals surface area contributed by atoms with Gasteiger partial charge >= 0.3 is 0 Å². The molecule has 0 aromatic heterocycles. The van der Waals surface area contributed by atoms with E-state index in [1.165, 1.54) is 24.8 Å². The van der Waals surface area contributed by atoms with Gasteiger partial charge in [0, 0.05) is 13.7 Å². The Bertz CT molecular complexity index is 351. The number of unbranched alkanes of at least 4 members (excludes halogenated alkanes) is 1. The van der Waals surface area contributed by atoms with Gasteiger partial charge in [-0.3, -0.25) is 0 Å². The molecule has 120 valence electrons. The molecule has 1 aromatic carbocycles. The highest BCUT2D eigenvalue weighted by Gasteiger charge is 2.09. The van der Waals surface area contributed by atoms with E-state index in [0.717, 1.165) is 38.3 Å². The van der Waals surface area contributed by atoms with Crippen LogP contribution in [0.2, 0.25) is 0 Å². The summed E-state index contributed by atoms with van der Waals surface area (Å²) >= 11 is 0. The van der Waals surface area contributed by atoms with Crippen LogP contribution in [0, 0.1) is 5.92 Å². The third-order valence-corrected chi connectivity index (χ3v) is 3.75. The van der Waals surface area contributed by atoms with Crippen molar-refractivity contribution >= 4 is 0 Å².